The van der Waals surface area contributed by atoms with E-state index in [9.17, 15) is 9.59 Å². The van der Waals surface area contributed by atoms with Crippen LogP contribution in [-0.2, 0) is 14.3 Å². The van der Waals surface area contributed by atoms with Gasteiger partial charge in [-0.15, -0.1) is 0 Å². The van der Waals surface area contributed by atoms with E-state index in [0.29, 0.717) is 19.4 Å². The maximum Gasteiger partial charge on any atom is 0.303 e. The first kappa shape index (κ1) is 16.0. The first-order chi connectivity index (χ1) is 9.00. The molecule has 0 saturated carbocycles. The highest BCUT2D eigenvalue weighted by atomic mass is 16.5. The lowest BCUT2D eigenvalue weighted by atomic mass is 10.1. The summed E-state index contributed by atoms with van der Waals surface area (Å²) in [6.45, 7) is 5.18. The average molecular weight is 271 g/mol. The Morgan fingerprint density at radius 2 is 2.11 bits per heavy atom. The Bertz CT molecular complexity index is 298. The molecule has 0 aromatic heterocycles. The van der Waals surface area contributed by atoms with Crippen molar-refractivity contribution >= 4 is 11.9 Å². The largest absolute Gasteiger partial charge is 0.481 e. The Morgan fingerprint density at radius 1 is 1.37 bits per heavy atom. The molecule has 0 bridgehead atoms. The number of hydrogen-bond donors (Lipinski definition) is 1. The zero-order valence-electron chi connectivity index (χ0n) is 11.9. The van der Waals surface area contributed by atoms with Crippen molar-refractivity contribution in [3.8, 4) is 0 Å². The zero-order valence-corrected chi connectivity index (χ0v) is 11.9. The number of nitrogens with zero attached hydrogens (tertiary/aromatic N) is 1. The highest BCUT2D eigenvalue weighted by Crippen LogP contribution is 2.17. The summed E-state index contributed by atoms with van der Waals surface area (Å²) in [5.74, 6) is -0.737. The molecule has 1 rings (SSSR count). The summed E-state index contributed by atoms with van der Waals surface area (Å²) in [5.41, 5.74) is 0. The monoisotopic (exact) mass is 271 g/mol. The first-order valence-corrected chi connectivity index (χ1v) is 7.13. The van der Waals surface area contributed by atoms with Gasteiger partial charge in [0.25, 0.3) is 0 Å². The van der Waals surface area contributed by atoms with Crippen LogP contribution >= 0.6 is 0 Å². The molecular formula is C14H25NO4. The third-order valence-electron chi connectivity index (χ3n) is 3.41. The summed E-state index contributed by atoms with van der Waals surface area (Å²) in [5, 5.41) is 8.64. The van der Waals surface area contributed by atoms with Crippen molar-refractivity contribution in [2.75, 3.05) is 13.2 Å². The lowest BCUT2D eigenvalue weighted by Gasteiger charge is -2.29. The molecule has 1 aliphatic heterocycles. The molecule has 110 valence electrons. The van der Waals surface area contributed by atoms with E-state index in [-0.39, 0.29) is 24.5 Å². The number of ether oxygens (including phenoxy) is 1. The van der Waals surface area contributed by atoms with E-state index in [1.54, 1.807) is 4.90 Å². The predicted molar refractivity (Wildman–Crippen MR) is 71.9 cm³/mol. The average Bonchev–Trinajstić information content (AvgIpc) is 2.35. The fourth-order valence-electron chi connectivity index (χ4n) is 2.35. The van der Waals surface area contributed by atoms with Gasteiger partial charge in [0.1, 0.15) is 0 Å². The van der Waals surface area contributed by atoms with E-state index in [4.69, 9.17) is 9.84 Å². The molecule has 1 atom stereocenters. The van der Waals surface area contributed by atoms with Gasteiger partial charge in [-0.3, -0.25) is 9.59 Å². The second-order valence-corrected chi connectivity index (χ2v) is 5.37. The standard InChI is InChI=1S/C14H25NO4/c1-11(2)15(8-5-7-14(17)18)13(16)10-12-6-3-4-9-19-12/h11-12H,3-10H2,1-2H3,(H,17,18). The van der Waals surface area contributed by atoms with Crippen LogP contribution < -0.4 is 0 Å². The molecule has 1 heterocycles. The van der Waals surface area contributed by atoms with Crippen molar-refractivity contribution in [3.05, 3.63) is 0 Å². The number of aliphatic carboxylic acids is 1. The molecule has 1 N–H and O–H groups in total. The van der Waals surface area contributed by atoms with Gasteiger partial charge in [-0.1, -0.05) is 0 Å². The first-order valence-electron chi connectivity index (χ1n) is 7.13. The molecular weight excluding hydrogens is 246 g/mol. The van der Waals surface area contributed by atoms with Crippen LogP contribution in [0.25, 0.3) is 0 Å². The number of amides is 1. The van der Waals surface area contributed by atoms with Crippen molar-refractivity contribution in [1.82, 2.24) is 4.90 Å². The van der Waals surface area contributed by atoms with Gasteiger partial charge in [0.15, 0.2) is 0 Å². The second-order valence-electron chi connectivity index (χ2n) is 5.37. The topological polar surface area (TPSA) is 66.8 Å². The maximum atomic E-state index is 12.2. The van der Waals surface area contributed by atoms with Crippen LogP contribution in [0.2, 0.25) is 0 Å². The van der Waals surface area contributed by atoms with Crippen LogP contribution in [-0.4, -0.2) is 47.2 Å². The van der Waals surface area contributed by atoms with E-state index < -0.39 is 5.97 Å². The number of carboxylic acid groups (broad SMARTS) is 1. The van der Waals surface area contributed by atoms with Gasteiger partial charge in [0, 0.05) is 25.6 Å². The van der Waals surface area contributed by atoms with E-state index in [2.05, 4.69) is 0 Å². The summed E-state index contributed by atoms with van der Waals surface area (Å²) < 4.78 is 5.58. The molecule has 1 saturated heterocycles. The fourth-order valence-corrected chi connectivity index (χ4v) is 2.35. The van der Waals surface area contributed by atoms with Gasteiger partial charge in [0.2, 0.25) is 5.91 Å². The van der Waals surface area contributed by atoms with Crippen LogP contribution in [0, 0.1) is 0 Å². The summed E-state index contributed by atoms with van der Waals surface area (Å²) in [6.07, 6.45) is 4.23. The highest BCUT2D eigenvalue weighted by Gasteiger charge is 2.23. The van der Waals surface area contributed by atoms with Gasteiger partial charge in [-0.25, -0.2) is 0 Å². The predicted octanol–water partition coefficient (Wildman–Crippen LogP) is 2.05. The van der Waals surface area contributed by atoms with Gasteiger partial charge in [-0.05, 0) is 39.5 Å². The maximum absolute atomic E-state index is 12.2. The molecule has 5 nitrogen and oxygen atoms in total. The third-order valence-corrected chi connectivity index (χ3v) is 3.41. The van der Waals surface area contributed by atoms with Crippen molar-refractivity contribution in [2.45, 2.75) is 64.5 Å². The van der Waals surface area contributed by atoms with Crippen molar-refractivity contribution in [2.24, 2.45) is 0 Å². The van der Waals surface area contributed by atoms with E-state index in [0.717, 1.165) is 25.9 Å². The summed E-state index contributed by atoms with van der Waals surface area (Å²) in [7, 11) is 0. The number of carbonyl (C=O) groups excluding carboxylic acids is 1. The number of hydrogen-bond acceptors (Lipinski definition) is 3. The van der Waals surface area contributed by atoms with Gasteiger partial charge < -0.3 is 14.7 Å². The minimum Gasteiger partial charge on any atom is -0.481 e. The van der Waals surface area contributed by atoms with Crippen molar-refractivity contribution in [3.63, 3.8) is 0 Å². The number of rotatable bonds is 7. The third kappa shape index (κ3) is 6.05. The highest BCUT2D eigenvalue weighted by molar-refractivity contribution is 5.77. The molecule has 5 heteroatoms. The molecule has 0 aliphatic carbocycles. The minimum atomic E-state index is -0.813. The molecule has 0 aromatic rings. The SMILES string of the molecule is CC(C)N(CCCC(=O)O)C(=O)CC1CCCCO1. The second kappa shape index (κ2) is 8.15. The van der Waals surface area contributed by atoms with E-state index in [1.807, 2.05) is 13.8 Å². The molecule has 0 radical (unpaired) electrons. The van der Waals surface area contributed by atoms with Crippen LogP contribution in [0.3, 0.4) is 0 Å². The van der Waals surface area contributed by atoms with Gasteiger partial charge >= 0.3 is 5.97 Å². The Hall–Kier alpha value is -1.10. The smallest absolute Gasteiger partial charge is 0.303 e. The molecule has 0 spiro atoms. The van der Waals surface area contributed by atoms with Crippen LogP contribution in [0.5, 0.6) is 0 Å². The van der Waals surface area contributed by atoms with Crippen LogP contribution in [0.15, 0.2) is 0 Å². The van der Waals surface area contributed by atoms with Crippen LogP contribution in [0.1, 0.15) is 52.4 Å². The Kier molecular flexibility index (Phi) is 6.84. The van der Waals surface area contributed by atoms with Gasteiger partial charge in [0.05, 0.1) is 12.5 Å². The molecule has 0 aromatic carbocycles. The number of carboxylic acids is 1. The van der Waals surface area contributed by atoms with Crippen LogP contribution in [0.4, 0.5) is 0 Å². The fraction of sp³-hybridized carbons (Fsp3) is 0.857. The van der Waals surface area contributed by atoms with Crippen molar-refractivity contribution in [1.29, 1.82) is 0 Å². The Balaban J connectivity index is 2.40. The molecule has 1 unspecified atom stereocenters. The zero-order chi connectivity index (χ0) is 14.3. The normalized spacial score (nSPS) is 19.4. The Labute approximate surface area is 114 Å². The summed E-state index contributed by atoms with van der Waals surface area (Å²) >= 11 is 0. The lowest BCUT2D eigenvalue weighted by molar-refractivity contribution is -0.140. The minimum absolute atomic E-state index is 0.0435. The van der Waals surface area contributed by atoms with Crippen molar-refractivity contribution < 1.29 is 19.4 Å². The number of carbonyl (C=O) groups is 2. The Morgan fingerprint density at radius 3 is 2.63 bits per heavy atom. The summed E-state index contributed by atoms with van der Waals surface area (Å²) in [6, 6.07) is 0.102. The summed E-state index contributed by atoms with van der Waals surface area (Å²) in [4.78, 5) is 24.5. The lowest BCUT2D eigenvalue weighted by Crippen LogP contribution is -2.40. The van der Waals surface area contributed by atoms with E-state index in [1.165, 1.54) is 0 Å². The molecule has 1 fully saturated rings. The van der Waals surface area contributed by atoms with Gasteiger partial charge in [-0.2, -0.15) is 0 Å². The molecule has 1 aliphatic rings. The van der Waals surface area contributed by atoms with E-state index >= 15 is 0 Å². The quantitative estimate of drug-likeness (QED) is 0.769. The molecule has 1 amide bonds. The molecule has 19 heavy (non-hydrogen) atoms.